The Morgan fingerprint density at radius 1 is 1.86 bits per heavy atom. The highest BCUT2D eigenvalue weighted by molar-refractivity contribution is 7.09. The number of aromatic nitrogens is 1. The average molecular weight is 211 g/mol. The fourth-order valence-electron chi connectivity index (χ4n) is 1.10. The molecule has 0 aliphatic carbocycles. The Morgan fingerprint density at radius 3 is 2.86 bits per heavy atom. The third-order valence-corrected chi connectivity index (χ3v) is 2.98. The van der Waals surface area contributed by atoms with Gasteiger partial charge in [0.1, 0.15) is 0 Å². The van der Waals surface area contributed by atoms with Crippen LogP contribution in [0.3, 0.4) is 0 Å². The molecule has 0 amide bonds. The van der Waals surface area contributed by atoms with Crippen molar-refractivity contribution in [3.05, 3.63) is 28.7 Å². The van der Waals surface area contributed by atoms with Crippen molar-refractivity contribution in [2.24, 2.45) is 5.41 Å². The first kappa shape index (κ1) is 10.9. The van der Waals surface area contributed by atoms with E-state index in [1.165, 1.54) is 17.4 Å². The van der Waals surface area contributed by atoms with Gasteiger partial charge in [0.15, 0.2) is 0 Å². The lowest BCUT2D eigenvalue weighted by atomic mass is 9.86. The Kier molecular flexibility index (Phi) is 3.06. The van der Waals surface area contributed by atoms with Crippen molar-refractivity contribution < 1.29 is 9.90 Å². The number of carbonyl (C=O) groups is 1. The molecule has 0 fully saturated rings. The summed E-state index contributed by atoms with van der Waals surface area (Å²) in [6, 6.07) is 0. The second-order valence-corrected chi connectivity index (χ2v) is 4.52. The molecule has 0 bridgehead atoms. The van der Waals surface area contributed by atoms with Crippen LogP contribution in [0.15, 0.2) is 18.0 Å². The van der Waals surface area contributed by atoms with E-state index >= 15 is 0 Å². The van der Waals surface area contributed by atoms with Crippen LogP contribution in [0.25, 0.3) is 0 Å². The SMILES string of the molecule is C=CC(C)(Cc1csc(C)n1)C(=O)O. The van der Waals surface area contributed by atoms with Gasteiger partial charge in [-0.25, -0.2) is 4.98 Å². The standard InChI is InChI=1S/C10H13NO2S/c1-4-10(3,9(12)13)5-8-6-14-7(2)11-8/h4,6H,1,5H2,2-3H3,(H,12,13). The van der Waals surface area contributed by atoms with Crippen LogP contribution < -0.4 is 0 Å². The van der Waals surface area contributed by atoms with Crippen molar-refractivity contribution in [1.29, 1.82) is 0 Å². The van der Waals surface area contributed by atoms with E-state index in [9.17, 15) is 4.79 Å². The quantitative estimate of drug-likeness (QED) is 0.777. The maximum Gasteiger partial charge on any atom is 0.313 e. The van der Waals surface area contributed by atoms with Gasteiger partial charge < -0.3 is 5.11 Å². The van der Waals surface area contributed by atoms with Gasteiger partial charge in [-0.15, -0.1) is 17.9 Å². The van der Waals surface area contributed by atoms with Gasteiger partial charge in [-0.3, -0.25) is 4.79 Å². The summed E-state index contributed by atoms with van der Waals surface area (Å²) in [6.45, 7) is 7.10. The van der Waals surface area contributed by atoms with E-state index in [1.807, 2.05) is 12.3 Å². The highest BCUT2D eigenvalue weighted by Gasteiger charge is 2.30. The van der Waals surface area contributed by atoms with Crippen LogP contribution in [-0.2, 0) is 11.2 Å². The normalized spacial score (nSPS) is 14.7. The van der Waals surface area contributed by atoms with E-state index in [2.05, 4.69) is 11.6 Å². The molecule has 3 nitrogen and oxygen atoms in total. The number of aryl methyl sites for hydroxylation is 1. The number of thiazole rings is 1. The van der Waals surface area contributed by atoms with Crippen LogP contribution in [0.2, 0.25) is 0 Å². The molecule has 1 heterocycles. The molecule has 0 spiro atoms. The zero-order chi connectivity index (χ0) is 10.8. The molecule has 14 heavy (non-hydrogen) atoms. The summed E-state index contributed by atoms with van der Waals surface area (Å²) in [5, 5.41) is 11.8. The first-order valence-electron chi connectivity index (χ1n) is 4.26. The maximum atomic E-state index is 11.0. The highest BCUT2D eigenvalue weighted by atomic mass is 32.1. The lowest BCUT2D eigenvalue weighted by Gasteiger charge is -2.18. The summed E-state index contributed by atoms with van der Waals surface area (Å²) >= 11 is 1.53. The molecule has 0 saturated heterocycles. The van der Waals surface area contributed by atoms with Crippen molar-refractivity contribution in [2.75, 3.05) is 0 Å². The van der Waals surface area contributed by atoms with E-state index in [0.717, 1.165) is 10.7 Å². The van der Waals surface area contributed by atoms with E-state index in [4.69, 9.17) is 5.11 Å². The van der Waals surface area contributed by atoms with Gasteiger partial charge in [-0.05, 0) is 13.8 Å². The molecule has 4 heteroatoms. The van der Waals surface area contributed by atoms with Crippen molar-refractivity contribution in [3.8, 4) is 0 Å². The monoisotopic (exact) mass is 211 g/mol. The summed E-state index contributed by atoms with van der Waals surface area (Å²) in [7, 11) is 0. The van der Waals surface area contributed by atoms with Crippen LogP contribution in [0.1, 0.15) is 17.6 Å². The predicted molar refractivity (Wildman–Crippen MR) is 56.5 cm³/mol. The molecule has 1 rings (SSSR count). The van der Waals surface area contributed by atoms with Crippen LogP contribution in [-0.4, -0.2) is 16.1 Å². The average Bonchev–Trinajstić information content (AvgIpc) is 2.50. The van der Waals surface area contributed by atoms with Crippen molar-refractivity contribution >= 4 is 17.3 Å². The number of hydrogen-bond donors (Lipinski definition) is 1. The Balaban J connectivity index is 2.85. The first-order valence-corrected chi connectivity index (χ1v) is 5.14. The lowest BCUT2D eigenvalue weighted by Crippen LogP contribution is -2.27. The topological polar surface area (TPSA) is 50.2 Å². The van der Waals surface area contributed by atoms with E-state index in [-0.39, 0.29) is 0 Å². The Morgan fingerprint density at radius 2 is 2.50 bits per heavy atom. The first-order chi connectivity index (χ1) is 6.48. The third-order valence-electron chi connectivity index (χ3n) is 2.15. The molecule has 0 radical (unpaired) electrons. The minimum absolute atomic E-state index is 0.399. The second-order valence-electron chi connectivity index (χ2n) is 3.46. The summed E-state index contributed by atoms with van der Waals surface area (Å²) in [5.41, 5.74) is -0.0992. The van der Waals surface area contributed by atoms with E-state index in [0.29, 0.717) is 6.42 Å². The molecule has 1 unspecified atom stereocenters. The smallest absolute Gasteiger partial charge is 0.313 e. The molecule has 0 aliphatic rings. The summed E-state index contributed by atoms with van der Waals surface area (Å²) in [5.74, 6) is -0.863. The van der Waals surface area contributed by atoms with Gasteiger partial charge in [0.05, 0.1) is 16.1 Å². The number of carboxylic acid groups (broad SMARTS) is 1. The van der Waals surface area contributed by atoms with Crippen molar-refractivity contribution in [3.63, 3.8) is 0 Å². The van der Waals surface area contributed by atoms with Gasteiger partial charge >= 0.3 is 5.97 Å². The van der Waals surface area contributed by atoms with Gasteiger partial charge in [0.2, 0.25) is 0 Å². The Hall–Kier alpha value is -1.16. The molecule has 0 saturated carbocycles. The second kappa shape index (κ2) is 3.92. The van der Waals surface area contributed by atoms with Crippen LogP contribution in [0.4, 0.5) is 0 Å². The molecular weight excluding hydrogens is 198 g/mol. The fraction of sp³-hybridized carbons (Fsp3) is 0.400. The van der Waals surface area contributed by atoms with Gasteiger partial charge in [0.25, 0.3) is 0 Å². The van der Waals surface area contributed by atoms with Gasteiger partial charge in [0, 0.05) is 11.8 Å². The molecule has 0 aliphatic heterocycles. The third kappa shape index (κ3) is 2.20. The van der Waals surface area contributed by atoms with Crippen LogP contribution in [0, 0.1) is 12.3 Å². The Labute approximate surface area is 87.1 Å². The van der Waals surface area contributed by atoms with Crippen molar-refractivity contribution in [1.82, 2.24) is 4.98 Å². The molecule has 76 valence electrons. The minimum Gasteiger partial charge on any atom is -0.481 e. The largest absolute Gasteiger partial charge is 0.481 e. The van der Waals surface area contributed by atoms with E-state index in [1.54, 1.807) is 6.92 Å². The number of carboxylic acids is 1. The number of rotatable bonds is 4. The molecule has 0 aromatic carbocycles. The fourth-order valence-corrected chi connectivity index (χ4v) is 1.71. The van der Waals surface area contributed by atoms with Crippen LogP contribution >= 0.6 is 11.3 Å². The summed E-state index contributed by atoms with van der Waals surface area (Å²) in [4.78, 5) is 15.2. The number of hydrogen-bond acceptors (Lipinski definition) is 3. The molecule has 1 N–H and O–H groups in total. The predicted octanol–water partition coefficient (Wildman–Crippen LogP) is 2.27. The molecular formula is C10H13NO2S. The molecule has 1 aromatic heterocycles. The Bertz CT molecular complexity index is 359. The zero-order valence-electron chi connectivity index (χ0n) is 8.28. The van der Waals surface area contributed by atoms with E-state index < -0.39 is 11.4 Å². The molecule has 1 aromatic rings. The van der Waals surface area contributed by atoms with Gasteiger partial charge in [-0.1, -0.05) is 6.08 Å². The molecule has 1 atom stereocenters. The maximum absolute atomic E-state index is 11.0. The van der Waals surface area contributed by atoms with Crippen LogP contribution in [0.5, 0.6) is 0 Å². The summed E-state index contributed by atoms with van der Waals surface area (Å²) < 4.78 is 0. The zero-order valence-corrected chi connectivity index (χ0v) is 9.10. The lowest BCUT2D eigenvalue weighted by molar-refractivity contribution is -0.145. The minimum atomic E-state index is -0.916. The van der Waals surface area contributed by atoms with Crippen molar-refractivity contribution in [2.45, 2.75) is 20.3 Å². The van der Waals surface area contributed by atoms with Gasteiger partial charge in [-0.2, -0.15) is 0 Å². The summed E-state index contributed by atoms with van der Waals surface area (Å²) in [6.07, 6.45) is 1.86. The highest BCUT2D eigenvalue weighted by Crippen LogP contribution is 2.24. The number of nitrogens with zero attached hydrogens (tertiary/aromatic N) is 1. The number of aliphatic carboxylic acids is 1.